The van der Waals surface area contributed by atoms with Gasteiger partial charge in [-0.25, -0.2) is 8.42 Å². The number of anilines is 1. The van der Waals surface area contributed by atoms with E-state index in [4.69, 9.17) is 0 Å². The molecule has 0 aromatic heterocycles. The summed E-state index contributed by atoms with van der Waals surface area (Å²) in [6.45, 7) is 9.70. The fraction of sp³-hybridized carbons (Fsp3) is 0.294. The van der Waals surface area contributed by atoms with Crippen molar-refractivity contribution in [3.05, 3.63) is 56.6 Å². The molecule has 0 saturated carbocycles. The van der Waals surface area contributed by atoms with E-state index in [1.807, 2.05) is 40.7 Å². The number of sulfonamides is 1. The summed E-state index contributed by atoms with van der Waals surface area (Å²) in [5.41, 5.74) is 5.36. The van der Waals surface area contributed by atoms with Crippen molar-refractivity contribution in [2.45, 2.75) is 39.5 Å². The molecule has 118 valence electrons. The van der Waals surface area contributed by atoms with Crippen LogP contribution in [0, 0.1) is 34.6 Å². The number of nitrogens with one attached hydrogen (secondary N) is 1. The van der Waals surface area contributed by atoms with Crippen LogP contribution in [0.5, 0.6) is 0 Å². The molecule has 0 aliphatic rings. The van der Waals surface area contributed by atoms with Gasteiger partial charge < -0.3 is 0 Å². The minimum absolute atomic E-state index is 0.382. The predicted octanol–water partition coefficient (Wildman–Crippen LogP) is 4.79. The van der Waals surface area contributed by atoms with Crippen LogP contribution in [-0.2, 0) is 10.0 Å². The summed E-state index contributed by atoms with van der Waals surface area (Å²) in [5.74, 6) is 0. The van der Waals surface area contributed by atoms with Gasteiger partial charge in [0, 0.05) is 10.2 Å². The Kier molecular flexibility index (Phi) is 4.68. The van der Waals surface area contributed by atoms with E-state index in [0.29, 0.717) is 10.6 Å². The fourth-order valence-corrected chi connectivity index (χ4v) is 4.68. The quantitative estimate of drug-likeness (QED) is 0.830. The molecule has 0 fully saturated rings. The molecule has 2 rings (SSSR count). The third kappa shape index (κ3) is 3.06. The predicted molar refractivity (Wildman–Crippen MR) is 95.1 cm³/mol. The summed E-state index contributed by atoms with van der Waals surface area (Å²) < 4.78 is 29.2. The van der Waals surface area contributed by atoms with Crippen molar-refractivity contribution in [2.75, 3.05) is 4.72 Å². The minimum Gasteiger partial charge on any atom is -0.280 e. The molecular formula is C17H20BrNO2S. The first kappa shape index (κ1) is 17.0. The molecule has 1 N–H and O–H groups in total. The third-order valence-electron chi connectivity index (χ3n) is 4.28. The van der Waals surface area contributed by atoms with Crippen LogP contribution in [0.3, 0.4) is 0 Å². The van der Waals surface area contributed by atoms with E-state index in [2.05, 4.69) is 20.7 Å². The highest BCUT2D eigenvalue weighted by Crippen LogP contribution is 2.31. The van der Waals surface area contributed by atoms with Crippen molar-refractivity contribution in [3.63, 3.8) is 0 Å². The van der Waals surface area contributed by atoms with Crippen molar-refractivity contribution >= 4 is 31.6 Å². The van der Waals surface area contributed by atoms with Crippen LogP contribution in [0.2, 0.25) is 0 Å². The van der Waals surface area contributed by atoms with Crippen LogP contribution >= 0.6 is 15.9 Å². The zero-order valence-electron chi connectivity index (χ0n) is 13.4. The smallest absolute Gasteiger partial charge is 0.262 e. The molecule has 0 bridgehead atoms. The van der Waals surface area contributed by atoms with Crippen molar-refractivity contribution in [3.8, 4) is 0 Å². The number of benzene rings is 2. The Balaban J connectivity index is 2.60. The monoisotopic (exact) mass is 381 g/mol. The van der Waals surface area contributed by atoms with Crippen molar-refractivity contribution in [2.24, 2.45) is 0 Å². The summed E-state index contributed by atoms with van der Waals surface area (Å²) in [4.78, 5) is 0.382. The highest BCUT2D eigenvalue weighted by Gasteiger charge is 2.23. The molecular weight excluding hydrogens is 362 g/mol. The van der Waals surface area contributed by atoms with Gasteiger partial charge in [-0.15, -0.1) is 0 Å². The molecule has 3 nitrogen and oxygen atoms in total. The van der Waals surface area contributed by atoms with Gasteiger partial charge in [0.25, 0.3) is 10.0 Å². The molecule has 0 aliphatic heterocycles. The maximum atomic E-state index is 12.8. The first-order valence-electron chi connectivity index (χ1n) is 7.00. The molecule has 0 aliphatic carbocycles. The Bertz CT molecular complexity index is 813. The van der Waals surface area contributed by atoms with Crippen LogP contribution in [0.15, 0.2) is 33.6 Å². The molecule has 0 radical (unpaired) electrons. The molecule has 0 amide bonds. The SMILES string of the molecule is Cc1c(C)c(C)c(S(=O)(=O)Nc2cccc(Br)c2)c(C)c1C. The average Bonchev–Trinajstić information content (AvgIpc) is 2.42. The molecule has 0 saturated heterocycles. The lowest BCUT2D eigenvalue weighted by atomic mass is 9.95. The lowest BCUT2D eigenvalue weighted by Gasteiger charge is -2.19. The Morgan fingerprint density at radius 1 is 0.864 bits per heavy atom. The Morgan fingerprint density at radius 2 is 1.36 bits per heavy atom. The second kappa shape index (κ2) is 6.05. The summed E-state index contributed by atoms with van der Waals surface area (Å²) >= 11 is 3.35. The second-order valence-corrected chi connectivity index (χ2v) is 8.10. The molecule has 2 aromatic carbocycles. The number of halogens is 1. The first-order chi connectivity index (χ1) is 10.1. The number of hydrogen-bond donors (Lipinski definition) is 1. The van der Waals surface area contributed by atoms with E-state index < -0.39 is 10.0 Å². The summed E-state index contributed by atoms with van der Waals surface area (Å²) in [6, 6.07) is 7.14. The summed E-state index contributed by atoms with van der Waals surface area (Å²) in [5, 5.41) is 0. The van der Waals surface area contributed by atoms with Crippen LogP contribution in [0.4, 0.5) is 5.69 Å². The standard InChI is InChI=1S/C17H20BrNO2S/c1-10-11(2)13(4)17(14(5)12(10)3)22(20,21)19-16-8-6-7-15(18)9-16/h6-9,19H,1-5H3. The summed E-state index contributed by atoms with van der Waals surface area (Å²) in [6.07, 6.45) is 0. The molecule has 5 heteroatoms. The maximum absolute atomic E-state index is 12.8. The normalized spacial score (nSPS) is 11.5. The topological polar surface area (TPSA) is 46.2 Å². The molecule has 2 aromatic rings. The number of hydrogen-bond acceptors (Lipinski definition) is 2. The van der Waals surface area contributed by atoms with Crippen LogP contribution in [-0.4, -0.2) is 8.42 Å². The van der Waals surface area contributed by atoms with Crippen molar-refractivity contribution in [1.82, 2.24) is 0 Å². The number of rotatable bonds is 3. The Morgan fingerprint density at radius 3 is 1.86 bits per heavy atom. The highest BCUT2D eigenvalue weighted by atomic mass is 79.9. The van der Waals surface area contributed by atoms with Gasteiger partial charge in [0.05, 0.1) is 4.90 Å². The van der Waals surface area contributed by atoms with Gasteiger partial charge in [-0.1, -0.05) is 22.0 Å². The van der Waals surface area contributed by atoms with Gasteiger partial charge in [0.1, 0.15) is 0 Å². The van der Waals surface area contributed by atoms with Crippen LogP contribution in [0.1, 0.15) is 27.8 Å². The molecule has 0 heterocycles. The van der Waals surface area contributed by atoms with E-state index in [9.17, 15) is 8.42 Å². The van der Waals surface area contributed by atoms with Crippen LogP contribution < -0.4 is 4.72 Å². The van der Waals surface area contributed by atoms with Gasteiger partial charge in [-0.05, 0) is 80.6 Å². The average molecular weight is 382 g/mol. The molecule has 0 spiro atoms. The van der Waals surface area contributed by atoms with E-state index >= 15 is 0 Å². The molecule has 0 atom stereocenters. The van der Waals surface area contributed by atoms with E-state index in [0.717, 1.165) is 32.3 Å². The van der Waals surface area contributed by atoms with Gasteiger partial charge in [0.2, 0.25) is 0 Å². The fourth-order valence-electron chi connectivity index (χ4n) is 2.63. The van der Waals surface area contributed by atoms with E-state index in [1.54, 1.807) is 18.2 Å². The maximum Gasteiger partial charge on any atom is 0.262 e. The Hall–Kier alpha value is -1.33. The van der Waals surface area contributed by atoms with Gasteiger partial charge in [-0.2, -0.15) is 0 Å². The minimum atomic E-state index is -3.62. The van der Waals surface area contributed by atoms with Crippen molar-refractivity contribution < 1.29 is 8.42 Å². The third-order valence-corrected chi connectivity index (χ3v) is 6.42. The zero-order chi connectivity index (χ0) is 16.7. The van der Waals surface area contributed by atoms with Gasteiger partial charge >= 0.3 is 0 Å². The lowest BCUT2D eigenvalue weighted by Crippen LogP contribution is -2.17. The van der Waals surface area contributed by atoms with Gasteiger partial charge in [0.15, 0.2) is 0 Å². The van der Waals surface area contributed by atoms with Gasteiger partial charge in [-0.3, -0.25) is 4.72 Å². The largest absolute Gasteiger partial charge is 0.280 e. The van der Waals surface area contributed by atoms with E-state index in [1.165, 1.54) is 0 Å². The first-order valence-corrected chi connectivity index (χ1v) is 9.28. The van der Waals surface area contributed by atoms with Crippen molar-refractivity contribution in [1.29, 1.82) is 0 Å². The van der Waals surface area contributed by atoms with E-state index in [-0.39, 0.29) is 0 Å². The molecule has 22 heavy (non-hydrogen) atoms. The molecule has 0 unspecified atom stereocenters. The lowest BCUT2D eigenvalue weighted by molar-refractivity contribution is 0.599. The Labute approximate surface area is 140 Å². The zero-order valence-corrected chi connectivity index (χ0v) is 15.8. The summed E-state index contributed by atoms with van der Waals surface area (Å²) in [7, 11) is -3.62. The second-order valence-electron chi connectivity index (χ2n) is 5.57. The highest BCUT2D eigenvalue weighted by molar-refractivity contribution is 9.10. The van der Waals surface area contributed by atoms with Crippen LogP contribution in [0.25, 0.3) is 0 Å².